The lowest BCUT2D eigenvalue weighted by molar-refractivity contribution is 0.410. The summed E-state index contributed by atoms with van der Waals surface area (Å²) in [5.74, 6) is 2.14. The fourth-order valence-electron chi connectivity index (χ4n) is 1.93. The lowest BCUT2D eigenvalue weighted by Crippen LogP contribution is -2.28. The molecule has 1 atom stereocenters. The highest BCUT2D eigenvalue weighted by Crippen LogP contribution is 2.13. The molecule has 2 nitrogen and oxygen atoms in total. The van der Waals surface area contributed by atoms with Crippen LogP contribution in [0, 0.1) is 0 Å². The van der Waals surface area contributed by atoms with Crippen LogP contribution in [0.25, 0.3) is 0 Å². The van der Waals surface area contributed by atoms with E-state index in [1.807, 2.05) is 0 Å². The molecule has 15 heavy (non-hydrogen) atoms. The molecule has 82 valence electrons. The van der Waals surface area contributed by atoms with Crippen molar-refractivity contribution in [2.45, 2.75) is 45.2 Å². The van der Waals surface area contributed by atoms with Crippen LogP contribution >= 0.6 is 0 Å². The smallest absolute Gasteiger partial charge is 0.117 e. The maximum atomic E-state index is 5.64. The van der Waals surface area contributed by atoms with Gasteiger partial charge in [-0.25, -0.2) is 0 Å². The molecule has 0 amide bonds. The minimum atomic E-state index is 0.630. The van der Waals surface area contributed by atoms with E-state index >= 15 is 0 Å². The monoisotopic (exact) mass is 205 g/mol. The van der Waals surface area contributed by atoms with E-state index in [9.17, 15) is 0 Å². The Morgan fingerprint density at radius 3 is 2.87 bits per heavy atom. The van der Waals surface area contributed by atoms with Gasteiger partial charge in [0.05, 0.1) is 6.54 Å². The number of rotatable bonds is 4. The number of hydrogen-bond donors (Lipinski definition) is 1. The van der Waals surface area contributed by atoms with Crippen molar-refractivity contribution in [3.8, 4) is 0 Å². The molecule has 0 spiro atoms. The van der Waals surface area contributed by atoms with Crippen LogP contribution in [0.1, 0.15) is 37.7 Å². The quantitative estimate of drug-likeness (QED) is 0.764. The van der Waals surface area contributed by atoms with Gasteiger partial charge in [-0.1, -0.05) is 19.1 Å². The van der Waals surface area contributed by atoms with Gasteiger partial charge in [-0.2, -0.15) is 0 Å². The number of nitrogens with one attached hydrogen (secondary N) is 1. The summed E-state index contributed by atoms with van der Waals surface area (Å²) in [4.78, 5) is 0. The van der Waals surface area contributed by atoms with Crippen molar-refractivity contribution < 1.29 is 4.42 Å². The van der Waals surface area contributed by atoms with Crippen LogP contribution in [-0.2, 0) is 13.0 Å². The molecule has 0 radical (unpaired) electrons. The normalized spacial score (nSPS) is 20.7. The molecule has 0 aromatic carbocycles. The number of allylic oxidation sites excluding steroid dienone is 1. The predicted molar refractivity (Wildman–Crippen MR) is 61.7 cm³/mol. The molecule has 1 aliphatic rings. The zero-order chi connectivity index (χ0) is 10.5. The van der Waals surface area contributed by atoms with Gasteiger partial charge in [0.25, 0.3) is 0 Å². The first-order valence-corrected chi connectivity index (χ1v) is 5.84. The van der Waals surface area contributed by atoms with Gasteiger partial charge in [-0.05, 0) is 31.4 Å². The second kappa shape index (κ2) is 5.17. The molecule has 1 aliphatic carbocycles. The van der Waals surface area contributed by atoms with Crippen LogP contribution in [0.4, 0.5) is 0 Å². The van der Waals surface area contributed by atoms with E-state index in [0.29, 0.717) is 6.04 Å². The first-order valence-electron chi connectivity index (χ1n) is 5.84. The highest BCUT2D eigenvalue weighted by molar-refractivity contribution is 5.07. The SMILES string of the molecule is CCc1ccc(CNC2CC=CCC2)o1. The molecule has 0 aliphatic heterocycles. The highest BCUT2D eigenvalue weighted by Gasteiger charge is 2.09. The van der Waals surface area contributed by atoms with E-state index in [-0.39, 0.29) is 0 Å². The van der Waals surface area contributed by atoms with Crippen molar-refractivity contribution in [3.05, 3.63) is 35.8 Å². The topological polar surface area (TPSA) is 25.2 Å². The van der Waals surface area contributed by atoms with Crippen LogP contribution < -0.4 is 5.32 Å². The van der Waals surface area contributed by atoms with Crippen molar-refractivity contribution in [1.29, 1.82) is 0 Å². The van der Waals surface area contributed by atoms with Crippen LogP contribution in [-0.4, -0.2) is 6.04 Å². The molecule has 1 N–H and O–H groups in total. The Morgan fingerprint density at radius 1 is 1.33 bits per heavy atom. The zero-order valence-corrected chi connectivity index (χ0v) is 9.33. The second-order valence-corrected chi connectivity index (χ2v) is 4.08. The van der Waals surface area contributed by atoms with Gasteiger partial charge < -0.3 is 9.73 Å². The summed E-state index contributed by atoms with van der Waals surface area (Å²) < 4.78 is 5.64. The molecule has 0 fully saturated rings. The van der Waals surface area contributed by atoms with Crippen LogP contribution in [0.15, 0.2) is 28.7 Å². The minimum Gasteiger partial charge on any atom is -0.465 e. The molecule has 1 heterocycles. The first kappa shape index (κ1) is 10.5. The van der Waals surface area contributed by atoms with Crippen LogP contribution in [0.5, 0.6) is 0 Å². The largest absolute Gasteiger partial charge is 0.465 e. The second-order valence-electron chi connectivity index (χ2n) is 4.08. The van der Waals surface area contributed by atoms with E-state index in [4.69, 9.17) is 4.42 Å². The molecule has 2 heteroatoms. The van der Waals surface area contributed by atoms with E-state index in [0.717, 1.165) is 30.9 Å². The molecule has 1 unspecified atom stereocenters. The average Bonchev–Trinajstić information content (AvgIpc) is 2.76. The first-order chi connectivity index (χ1) is 7.38. The molecule has 0 saturated heterocycles. The lowest BCUT2D eigenvalue weighted by Gasteiger charge is -2.18. The summed E-state index contributed by atoms with van der Waals surface area (Å²) in [6.07, 6.45) is 9.11. The van der Waals surface area contributed by atoms with Crippen LogP contribution in [0.3, 0.4) is 0 Å². The molecule has 2 rings (SSSR count). The fraction of sp³-hybridized carbons (Fsp3) is 0.538. The van der Waals surface area contributed by atoms with Gasteiger partial charge in [0, 0.05) is 12.5 Å². The molecule has 1 aromatic rings. The third kappa shape index (κ3) is 2.96. The van der Waals surface area contributed by atoms with E-state index < -0.39 is 0 Å². The molecule has 0 saturated carbocycles. The van der Waals surface area contributed by atoms with Gasteiger partial charge in [0.1, 0.15) is 11.5 Å². The number of aryl methyl sites for hydroxylation is 1. The summed E-state index contributed by atoms with van der Waals surface area (Å²) >= 11 is 0. The van der Waals surface area contributed by atoms with Crippen molar-refractivity contribution in [2.75, 3.05) is 0 Å². The van der Waals surface area contributed by atoms with Gasteiger partial charge in [-0.15, -0.1) is 0 Å². The van der Waals surface area contributed by atoms with Crippen molar-refractivity contribution in [2.24, 2.45) is 0 Å². The maximum absolute atomic E-state index is 5.64. The zero-order valence-electron chi connectivity index (χ0n) is 9.33. The molecule has 1 aromatic heterocycles. The van der Waals surface area contributed by atoms with Gasteiger partial charge in [0.2, 0.25) is 0 Å². The summed E-state index contributed by atoms with van der Waals surface area (Å²) in [6.45, 7) is 2.97. The third-order valence-electron chi connectivity index (χ3n) is 2.90. The Labute approximate surface area is 91.4 Å². The predicted octanol–water partition coefficient (Wildman–Crippen LogP) is 3.04. The van der Waals surface area contributed by atoms with Crippen molar-refractivity contribution >= 4 is 0 Å². The summed E-state index contributed by atoms with van der Waals surface area (Å²) in [5.41, 5.74) is 0. The third-order valence-corrected chi connectivity index (χ3v) is 2.90. The molecular weight excluding hydrogens is 186 g/mol. The summed E-state index contributed by atoms with van der Waals surface area (Å²) in [7, 11) is 0. The highest BCUT2D eigenvalue weighted by atomic mass is 16.3. The Kier molecular flexibility index (Phi) is 3.62. The standard InChI is InChI=1S/C13H19NO/c1-2-12-8-9-13(15-12)10-14-11-6-4-3-5-7-11/h3-4,8-9,11,14H,2,5-7,10H2,1H3. The fourth-order valence-corrected chi connectivity index (χ4v) is 1.93. The van der Waals surface area contributed by atoms with E-state index in [1.165, 1.54) is 12.8 Å². The van der Waals surface area contributed by atoms with E-state index in [1.54, 1.807) is 0 Å². The minimum absolute atomic E-state index is 0.630. The Morgan fingerprint density at radius 2 is 2.20 bits per heavy atom. The number of furan rings is 1. The van der Waals surface area contributed by atoms with Gasteiger partial charge in [0.15, 0.2) is 0 Å². The van der Waals surface area contributed by atoms with Crippen molar-refractivity contribution in [3.63, 3.8) is 0 Å². The molecule has 0 bridgehead atoms. The number of hydrogen-bond acceptors (Lipinski definition) is 2. The van der Waals surface area contributed by atoms with Crippen LogP contribution in [0.2, 0.25) is 0 Å². The Bertz CT molecular complexity index is 327. The Balaban J connectivity index is 1.79. The maximum Gasteiger partial charge on any atom is 0.117 e. The summed E-state index contributed by atoms with van der Waals surface area (Å²) in [6, 6.07) is 4.77. The Hall–Kier alpha value is -1.02. The average molecular weight is 205 g/mol. The summed E-state index contributed by atoms with van der Waals surface area (Å²) in [5, 5.41) is 3.53. The van der Waals surface area contributed by atoms with Crippen molar-refractivity contribution in [1.82, 2.24) is 5.32 Å². The van der Waals surface area contributed by atoms with Gasteiger partial charge in [-0.3, -0.25) is 0 Å². The van der Waals surface area contributed by atoms with Gasteiger partial charge >= 0.3 is 0 Å². The lowest BCUT2D eigenvalue weighted by atomic mass is 10.0. The molecular formula is C13H19NO. The van der Waals surface area contributed by atoms with E-state index in [2.05, 4.69) is 36.5 Å².